The number of benzene rings is 1. The lowest BCUT2D eigenvalue weighted by Gasteiger charge is -2.15. The van der Waals surface area contributed by atoms with Crippen molar-refractivity contribution in [2.45, 2.75) is 13.0 Å². The molecule has 0 bridgehead atoms. The van der Waals surface area contributed by atoms with Gasteiger partial charge in [0, 0.05) is 5.56 Å². The number of ether oxygens (including phenoxy) is 1. The summed E-state index contributed by atoms with van der Waals surface area (Å²) >= 11 is 0. The molecule has 1 rings (SSSR count). The summed E-state index contributed by atoms with van der Waals surface area (Å²) < 4.78 is 5.25. The molecule has 0 aliphatic heterocycles. The lowest BCUT2D eigenvalue weighted by Crippen LogP contribution is -2.17. The molecule has 0 amide bonds. The van der Waals surface area contributed by atoms with Gasteiger partial charge in [-0.1, -0.05) is 12.1 Å². The highest BCUT2D eigenvalue weighted by Gasteiger charge is 2.21. The van der Waals surface area contributed by atoms with Crippen LogP contribution in [0.3, 0.4) is 0 Å². The van der Waals surface area contributed by atoms with Crippen molar-refractivity contribution in [2.75, 3.05) is 12.0 Å². The number of rotatable bonds is 5. The minimum absolute atomic E-state index is 0.168. The molecule has 1 aromatic carbocycles. The average Bonchev–Trinajstić information content (AvgIpc) is 2.28. The molecule has 1 atom stereocenters. The Morgan fingerprint density at radius 1 is 1.62 bits per heavy atom. The lowest BCUT2D eigenvalue weighted by molar-refractivity contribution is -0.146. The molecule has 0 heterocycles. The fraction of sp³-hybridized carbons (Fsp3) is 0.300. The number of aliphatic hydroxyl groups excluding tert-OH is 1. The number of anilines is 1. The topological polar surface area (TPSA) is 105 Å². The molecule has 0 saturated heterocycles. The third-order valence-corrected chi connectivity index (χ3v) is 2.03. The summed E-state index contributed by atoms with van der Waals surface area (Å²) in [5, 5.41) is 18.2. The van der Waals surface area contributed by atoms with E-state index in [0.717, 1.165) is 0 Å². The Kier molecular flexibility index (Phi) is 4.10. The average molecular weight is 226 g/mol. The molecular weight excluding hydrogens is 212 g/mol. The number of hydrogen-bond donors (Lipinski definition) is 4. The quantitative estimate of drug-likeness (QED) is 0.430. The number of carboxylic acids is 1. The third kappa shape index (κ3) is 2.41. The first kappa shape index (κ1) is 12.3. The lowest BCUT2D eigenvalue weighted by atomic mass is 10.1. The van der Waals surface area contributed by atoms with Crippen LogP contribution in [0.15, 0.2) is 18.2 Å². The van der Waals surface area contributed by atoms with Gasteiger partial charge in [-0.15, -0.1) is 0 Å². The Morgan fingerprint density at radius 2 is 2.31 bits per heavy atom. The number of carbonyl (C=O) groups is 1. The Morgan fingerprint density at radius 3 is 2.81 bits per heavy atom. The van der Waals surface area contributed by atoms with Gasteiger partial charge < -0.3 is 20.4 Å². The van der Waals surface area contributed by atoms with Gasteiger partial charge in [-0.25, -0.2) is 4.79 Å². The minimum Gasteiger partial charge on any atom is -0.492 e. The number of nitrogens with two attached hydrogens (primary N) is 1. The molecule has 0 saturated carbocycles. The number of aliphatic carboxylic acids is 1. The van der Waals surface area contributed by atoms with Crippen LogP contribution in [-0.2, 0) is 4.79 Å². The summed E-state index contributed by atoms with van der Waals surface area (Å²) in [7, 11) is 0. The number of para-hydroxylation sites is 1. The van der Waals surface area contributed by atoms with E-state index in [4.69, 9.17) is 15.7 Å². The van der Waals surface area contributed by atoms with Crippen molar-refractivity contribution >= 4 is 11.7 Å². The second kappa shape index (κ2) is 5.34. The summed E-state index contributed by atoms with van der Waals surface area (Å²) in [4.78, 5) is 10.7. The number of hydrogen-bond acceptors (Lipinski definition) is 5. The Labute approximate surface area is 92.6 Å². The van der Waals surface area contributed by atoms with Crippen LogP contribution in [0.4, 0.5) is 5.69 Å². The van der Waals surface area contributed by atoms with E-state index in [2.05, 4.69) is 5.43 Å². The van der Waals surface area contributed by atoms with E-state index in [1.54, 1.807) is 19.1 Å². The van der Waals surface area contributed by atoms with Crippen LogP contribution in [0.2, 0.25) is 0 Å². The molecule has 0 radical (unpaired) electrons. The van der Waals surface area contributed by atoms with Crippen LogP contribution < -0.4 is 16.0 Å². The first-order valence-corrected chi connectivity index (χ1v) is 4.75. The van der Waals surface area contributed by atoms with Crippen LogP contribution in [-0.4, -0.2) is 22.8 Å². The molecule has 0 aliphatic rings. The van der Waals surface area contributed by atoms with E-state index in [1.807, 2.05) is 0 Å². The molecule has 1 unspecified atom stereocenters. The van der Waals surface area contributed by atoms with E-state index in [1.165, 1.54) is 6.07 Å². The molecule has 1 aromatic rings. The van der Waals surface area contributed by atoms with Crippen molar-refractivity contribution in [3.8, 4) is 5.75 Å². The van der Waals surface area contributed by atoms with E-state index < -0.39 is 12.1 Å². The van der Waals surface area contributed by atoms with Crippen LogP contribution in [0.5, 0.6) is 5.75 Å². The maximum atomic E-state index is 10.7. The summed E-state index contributed by atoms with van der Waals surface area (Å²) in [6.45, 7) is 2.21. The predicted molar refractivity (Wildman–Crippen MR) is 58.0 cm³/mol. The monoisotopic (exact) mass is 226 g/mol. The van der Waals surface area contributed by atoms with E-state index >= 15 is 0 Å². The van der Waals surface area contributed by atoms with Crippen LogP contribution in [0.25, 0.3) is 0 Å². The number of aliphatic hydroxyl groups is 1. The van der Waals surface area contributed by atoms with Crippen molar-refractivity contribution in [3.05, 3.63) is 23.8 Å². The van der Waals surface area contributed by atoms with E-state index in [-0.39, 0.29) is 11.3 Å². The Balaban J connectivity index is 3.17. The highest BCUT2D eigenvalue weighted by molar-refractivity contribution is 5.78. The number of nitrogen functional groups attached to an aromatic ring is 1. The summed E-state index contributed by atoms with van der Waals surface area (Å²) in [6, 6.07) is 4.70. The SMILES string of the molecule is CCOc1cccc(C(O)C(=O)O)c1NN. The van der Waals surface area contributed by atoms with E-state index in [9.17, 15) is 9.90 Å². The van der Waals surface area contributed by atoms with Crippen molar-refractivity contribution in [3.63, 3.8) is 0 Å². The standard InChI is InChI=1S/C10H14N2O4/c1-2-16-7-5-3-4-6(8(7)12-11)9(13)10(14)15/h3-5,9,12-13H,2,11H2,1H3,(H,14,15). The van der Waals surface area contributed by atoms with Crippen molar-refractivity contribution in [1.82, 2.24) is 0 Å². The number of nitrogens with one attached hydrogen (secondary N) is 1. The zero-order valence-electron chi connectivity index (χ0n) is 8.80. The molecule has 5 N–H and O–H groups in total. The summed E-state index contributed by atoms with van der Waals surface area (Å²) in [5.74, 6) is 4.35. The van der Waals surface area contributed by atoms with Crippen molar-refractivity contribution in [2.24, 2.45) is 5.84 Å². The highest BCUT2D eigenvalue weighted by atomic mass is 16.5. The normalized spacial score (nSPS) is 11.9. The minimum atomic E-state index is -1.63. The van der Waals surface area contributed by atoms with Gasteiger partial charge in [-0.05, 0) is 13.0 Å². The highest BCUT2D eigenvalue weighted by Crippen LogP contribution is 2.31. The molecule has 6 heteroatoms. The summed E-state index contributed by atoms with van der Waals surface area (Å²) in [6.07, 6.45) is -1.63. The fourth-order valence-corrected chi connectivity index (χ4v) is 1.34. The second-order valence-corrected chi connectivity index (χ2v) is 3.04. The molecule has 88 valence electrons. The maximum Gasteiger partial charge on any atom is 0.337 e. The largest absolute Gasteiger partial charge is 0.492 e. The third-order valence-electron chi connectivity index (χ3n) is 2.03. The molecular formula is C10H14N2O4. The molecule has 16 heavy (non-hydrogen) atoms. The molecule has 0 fully saturated rings. The first-order chi connectivity index (χ1) is 7.61. The van der Waals surface area contributed by atoms with Gasteiger partial charge in [0.15, 0.2) is 6.10 Å². The number of carboxylic acid groups (broad SMARTS) is 1. The zero-order chi connectivity index (χ0) is 12.1. The molecule has 0 aliphatic carbocycles. The van der Waals surface area contributed by atoms with Crippen LogP contribution in [0.1, 0.15) is 18.6 Å². The summed E-state index contributed by atoms with van der Waals surface area (Å²) in [5.41, 5.74) is 2.78. The van der Waals surface area contributed by atoms with E-state index in [0.29, 0.717) is 12.4 Å². The van der Waals surface area contributed by atoms with Gasteiger partial charge in [0.05, 0.1) is 12.3 Å². The van der Waals surface area contributed by atoms with Gasteiger partial charge in [0.25, 0.3) is 0 Å². The zero-order valence-corrected chi connectivity index (χ0v) is 8.80. The molecule has 0 spiro atoms. The van der Waals surface area contributed by atoms with Gasteiger partial charge in [-0.3, -0.25) is 5.84 Å². The Hall–Kier alpha value is -1.79. The van der Waals surface area contributed by atoms with Crippen LogP contribution >= 0.6 is 0 Å². The predicted octanol–water partition coefficient (Wildman–Crippen LogP) is 0.489. The number of hydrazine groups is 1. The van der Waals surface area contributed by atoms with Crippen molar-refractivity contribution in [1.29, 1.82) is 0 Å². The Bertz CT molecular complexity index is 381. The first-order valence-electron chi connectivity index (χ1n) is 4.75. The van der Waals surface area contributed by atoms with Gasteiger partial charge >= 0.3 is 5.97 Å². The van der Waals surface area contributed by atoms with Crippen molar-refractivity contribution < 1.29 is 19.7 Å². The maximum absolute atomic E-state index is 10.7. The van der Waals surface area contributed by atoms with Gasteiger partial charge in [0.2, 0.25) is 0 Å². The fourth-order valence-electron chi connectivity index (χ4n) is 1.34. The molecule has 6 nitrogen and oxygen atoms in total. The van der Waals surface area contributed by atoms with Crippen LogP contribution in [0, 0.1) is 0 Å². The van der Waals surface area contributed by atoms with Gasteiger partial charge in [0.1, 0.15) is 5.75 Å². The molecule has 0 aromatic heterocycles. The second-order valence-electron chi connectivity index (χ2n) is 3.04. The smallest absolute Gasteiger partial charge is 0.337 e. The van der Waals surface area contributed by atoms with Gasteiger partial charge in [-0.2, -0.15) is 0 Å².